The molecule has 5 rings (SSSR count). The maximum atomic E-state index is 14.2. The topological polar surface area (TPSA) is 108 Å². The lowest BCUT2D eigenvalue weighted by atomic mass is 10.2. The molecule has 2 saturated heterocycles. The van der Waals surface area contributed by atoms with Gasteiger partial charge < -0.3 is 18.9 Å². The van der Waals surface area contributed by atoms with Gasteiger partial charge in [0.15, 0.2) is 5.13 Å². The Labute approximate surface area is 226 Å². The third-order valence-corrected chi connectivity index (χ3v) is 9.98. The second-order valence-electron chi connectivity index (χ2n) is 9.18. The first kappa shape index (κ1) is 26.7. The standard InChI is InChI=1S/C26H31N3O7S2/c1-33-17-8-10-19(11-9-17)38(31,32)29-14-4-7-20(29)25(30)28(16-18-6-5-15-36-18)26-27-23-21(34-2)12-13-22(35-3)24(23)37-26/h8-13,18,20H,4-7,14-16H2,1-3H3. The van der Waals surface area contributed by atoms with Crippen LogP contribution in [0.2, 0.25) is 0 Å². The van der Waals surface area contributed by atoms with Crippen LogP contribution in [0.1, 0.15) is 25.7 Å². The lowest BCUT2D eigenvalue weighted by Crippen LogP contribution is -2.49. The Morgan fingerprint density at radius 3 is 2.45 bits per heavy atom. The molecule has 3 aromatic rings. The molecular formula is C26H31N3O7S2. The third-order valence-electron chi connectivity index (χ3n) is 6.96. The summed E-state index contributed by atoms with van der Waals surface area (Å²) < 4.78 is 51.3. The van der Waals surface area contributed by atoms with E-state index >= 15 is 0 Å². The van der Waals surface area contributed by atoms with Crippen LogP contribution in [-0.2, 0) is 19.6 Å². The number of methoxy groups -OCH3 is 3. The number of fused-ring (bicyclic) bond motifs is 1. The quantitative estimate of drug-likeness (QED) is 0.389. The highest BCUT2D eigenvalue weighted by Gasteiger charge is 2.43. The van der Waals surface area contributed by atoms with Gasteiger partial charge in [0.2, 0.25) is 15.9 Å². The summed E-state index contributed by atoms with van der Waals surface area (Å²) in [7, 11) is 0.763. The number of carbonyl (C=O) groups excluding carboxylic acids is 1. The van der Waals surface area contributed by atoms with Crippen LogP contribution >= 0.6 is 11.3 Å². The number of anilines is 1. The van der Waals surface area contributed by atoms with Crippen molar-refractivity contribution in [3.8, 4) is 17.2 Å². The van der Waals surface area contributed by atoms with Crippen molar-refractivity contribution in [3.05, 3.63) is 36.4 Å². The van der Waals surface area contributed by atoms with Crippen molar-refractivity contribution in [3.63, 3.8) is 0 Å². The average Bonchev–Trinajstić information content (AvgIpc) is 3.71. The van der Waals surface area contributed by atoms with E-state index in [0.717, 1.165) is 17.5 Å². The van der Waals surface area contributed by atoms with E-state index in [1.807, 2.05) is 0 Å². The number of carbonyl (C=O) groups is 1. The minimum absolute atomic E-state index is 0.123. The molecule has 1 aromatic heterocycles. The Morgan fingerprint density at radius 2 is 1.79 bits per heavy atom. The van der Waals surface area contributed by atoms with Crippen LogP contribution in [0.4, 0.5) is 5.13 Å². The molecule has 3 heterocycles. The third kappa shape index (κ3) is 4.93. The molecule has 0 radical (unpaired) electrons. The van der Waals surface area contributed by atoms with Crippen molar-refractivity contribution in [2.75, 3.05) is 45.9 Å². The molecule has 0 bridgehead atoms. The normalized spacial score (nSPS) is 20.1. The largest absolute Gasteiger partial charge is 0.497 e. The number of benzene rings is 2. The lowest BCUT2D eigenvalue weighted by Gasteiger charge is -2.29. The molecule has 2 fully saturated rings. The van der Waals surface area contributed by atoms with Gasteiger partial charge in [-0.3, -0.25) is 9.69 Å². The lowest BCUT2D eigenvalue weighted by molar-refractivity contribution is -0.122. The van der Waals surface area contributed by atoms with E-state index in [1.54, 1.807) is 43.4 Å². The molecule has 2 unspecified atom stereocenters. The van der Waals surface area contributed by atoms with Gasteiger partial charge in [0.05, 0.1) is 38.9 Å². The average molecular weight is 562 g/mol. The molecule has 2 atom stereocenters. The van der Waals surface area contributed by atoms with Crippen LogP contribution in [0, 0.1) is 0 Å². The summed E-state index contributed by atoms with van der Waals surface area (Å²) in [5.41, 5.74) is 0.589. The number of hydrogen-bond acceptors (Lipinski definition) is 9. The van der Waals surface area contributed by atoms with Gasteiger partial charge in [-0.15, -0.1) is 0 Å². The van der Waals surface area contributed by atoms with Crippen LogP contribution < -0.4 is 19.1 Å². The van der Waals surface area contributed by atoms with Crippen molar-refractivity contribution in [1.29, 1.82) is 0 Å². The number of thiazole rings is 1. The Bertz CT molecular complexity index is 1360. The van der Waals surface area contributed by atoms with Crippen molar-refractivity contribution >= 4 is 42.6 Å². The van der Waals surface area contributed by atoms with E-state index in [9.17, 15) is 13.2 Å². The van der Waals surface area contributed by atoms with Gasteiger partial charge in [-0.2, -0.15) is 4.31 Å². The van der Waals surface area contributed by atoms with Crippen LogP contribution in [-0.4, -0.2) is 76.8 Å². The van der Waals surface area contributed by atoms with Gasteiger partial charge in [0.25, 0.3) is 0 Å². The smallest absolute Gasteiger partial charge is 0.247 e. The summed E-state index contributed by atoms with van der Waals surface area (Å²) >= 11 is 1.32. The highest BCUT2D eigenvalue weighted by atomic mass is 32.2. The first-order valence-electron chi connectivity index (χ1n) is 12.5. The summed E-state index contributed by atoms with van der Waals surface area (Å²) in [5.74, 6) is 1.44. The molecule has 204 valence electrons. The van der Waals surface area contributed by atoms with Crippen LogP contribution in [0.25, 0.3) is 10.2 Å². The number of nitrogens with zero attached hydrogens (tertiary/aromatic N) is 3. The van der Waals surface area contributed by atoms with Gasteiger partial charge in [-0.1, -0.05) is 11.3 Å². The highest BCUT2D eigenvalue weighted by molar-refractivity contribution is 7.89. The maximum Gasteiger partial charge on any atom is 0.247 e. The zero-order chi connectivity index (χ0) is 26.9. The second kappa shape index (κ2) is 11.0. The van der Waals surface area contributed by atoms with Gasteiger partial charge in [-0.05, 0) is 62.1 Å². The molecule has 2 aliphatic rings. The first-order valence-corrected chi connectivity index (χ1v) is 14.7. The Balaban J connectivity index is 1.51. The second-order valence-corrected chi connectivity index (χ2v) is 12.0. The van der Waals surface area contributed by atoms with Crippen LogP contribution in [0.3, 0.4) is 0 Å². The van der Waals surface area contributed by atoms with Gasteiger partial charge >= 0.3 is 0 Å². The molecule has 2 aliphatic heterocycles. The fraction of sp³-hybridized carbons (Fsp3) is 0.462. The molecule has 0 N–H and O–H groups in total. The number of ether oxygens (including phenoxy) is 4. The summed E-state index contributed by atoms with van der Waals surface area (Å²) in [5, 5.41) is 0.456. The number of aromatic nitrogens is 1. The van der Waals surface area contributed by atoms with Crippen molar-refractivity contribution in [2.24, 2.45) is 0 Å². The zero-order valence-electron chi connectivity index (χ0n) is 21.6. The predicted octanol–water partition coefficient (Wildman–Crippen LogP) is 3.69. The Kier molecular flexibility index (Phi) is 7.75. The number of sulfonamides is 1. The van der Waals surface area contributed by atoms with Gasteiger partial charge in [0.1, 0.15) is 33.5 Å². The maximum absolute atomic E-state index is 14.2. The summed E-state index contributed by atoms with van der Waals surface area (Å²) in [4.78, 5) is 20.6. The summed E-state index contributed by atoms with van der Waals surface area (Å²) in [6, 6.07) is 8.94. The molecule has 1 amide bonds. The van der Waals surface area contributed by atoms with Gasteiger partial charge in [-0.25, -0.2) is 13.4 Å². The van der Waals surface area contributed by atoms with E-state index in [1.165, 1.54) is 34.9 Å². The fourth-order valence-corrected chi connectivity index (χ4v) is 7.72. The molecule has 0 aliphatic carbocycles. The molecule has 12 heteroatoms. The van der Waals surface area contributed by atoms with E-state index in [2.05, 4.69) is 0 Å². The molecule has 0 spiro atoms. The van der Waals surface area contributed by atoms with E-state index in [4.69, 9.17) is 23.9 Å². The number of hydrogen-bond donors (Lipinski definition) is 0. The summed E-state index contributed by atoms with van der Waals surface area (Å²) in [6.07, 6.45) is 2.59. The van der Waals surface area contributed by atoms with E-state index in [0.29, 0.717) is 47.3 Å². The molecule has 38 heavy (non-hydrogen) atoms. The Hall–Kier alpha value is -2.93. The van der Waals surface area contributed by atoms with Crippen molar-refractivity contribution in [2.45, 2.75) is 42.7 Å². The number of rotatable bonds is 9. The molecule has 2 aromatic carbocycles. The molecular weight excluding hydrogens is 530 g/mol. The predicted molar refractivity (Wildman–Crippen MR) is 144 cm³/mol. The van der Waals surface area contributed by atoms with Crippen LogP contribution in [0.5, 0.6) is 17.2 Å². The minimum atomic E-state index is -3.90. The van der Waals surface area contributed by atoms with E-state index < -0.39 is 16.1 Å². The molecule has 0 saturated carbocycles. The van der Waals surface area contributed by atoms with Gasteiger partial charge in [0, 0.05) is 13.2 Å². The first-order chi connectivity index (χ1) is 18.4. The molecule has 10 nitrogen and oxygen atoms in total. The summed E-state index contributed by atoms with van der Waals surface area (Å²) in [6.45, 7) is 1.19. The zero-order valence-corrected chi connectivity index (χ0v) is 23.2. The minimum Gasteiger partial charge on any atom is -0.497 e. The fourth-order valence-electron chi connectivity index (χ4n) is 4.98. The number of amides is 1. The van der Waals surface area contributed by atoms with Crippen molar-refractivity contribution < 1.29 is 32.2 Å². The van der Waals surface area contributed by atoms with E-state index in [-0.39, 0.29) is 30.0 Å². The Morgan fingerprint density at radius 1 is 1.05 bits per heavy atom. The van der Waals surface area contributed by atoms with Crippen molar-refractivity contribution in [1.82, 2.24) is 9.29 Å². The SMILES string of the molecule is COc1ccc(S(=O)(=O)N2CCCC2C(=O)N(CC2CCCO2)c2nc3c(OC)ccc(OC)c3s2)cc1. The highest BCUT2D eigenvalue weighted by Crippen LogP contribution is 2.41. The monoisotopic (exact) mass is 561 g/mol. The van der Waals surface area contributed by atoms with Crippen LogP contribution in [0.15, 0.2) is 41.3 Å².